The molecule has 0 spiro atoms. The molecular weight excluding hydrogens is 250 g/mol. The molecule has 1 aromatic heterocycles. The van der Waals surface area contributed by atoms with Gasteiger partial charge in [0, 0.05) is 11.5 Å². The summed E-state index contributed by atoms with van der Waals surface area (Å²) in [7, 11) is 0. The number of nitrogens with two attached hydrogens (primary N) is 1. The van der Waals surface area contributed by atoms with E-state index in [1.54, 1.807) is 0 Å². The predicted octanol–water partition coefficient (Wildman–Crippen LogP) is 2.49. The molecule has 0 amide bonds. The van der Waals surface area contributed by atoms with Gasteiger partial charge in [-0.2, -0.15) is 0 Å². The Morgan fingerprint density at radius 2 is 1.83 bits per heavy atom. The quantitative estimate of drug-likeness (QED) is 0.869. The van der Waals surface area contributed by atoms with Gasteiger partial charge in [-0.05, 0) is 30.7 Å². The van der Waals surface area contributed by atoms with E-state index in [-0.39, 0.29) is 0 Å². The second-order valence-electron chi connectivity index (χ2n) is 3.69. The van der Waals surface area contributed by atoms with E-state index in [0.717, 1.165) is 24.5 Å². The van der Waals surface area contributed by atoms with Crippen molar-refractivity contribution in [1.29, 1.82) is 0 Å². The van der Waals surface area contributed by atoms with Crippen LogP contribution in [0.4, 0.5) is 5.00 Å². The SMILES string of the molecule is CCCOc1ccc(OCc2nnsc2N)cc1. The van der Waals surface area contributed by atoms with Gasteiger partial charge >= 0.3 is 0 Å². The molecule has 0 fully saturated rings. The second-order valence-corrected chi connectivity index (χ2v) is 4.48. The zero-order valence-electron chi connectivity index (χ0n) is 10.1. The monoisotopic (exact) mass is 265 g/mol. The highest BCUT2D eigenvalue weighted by Gasteiger charge is 2.05. The molecule has 0 unspecified atom stereocenters. The minimum Gasteiger partial charge on any atom is -0.494 e. The molecule has 0 radical (unpaired) electrons. The van der Waals surface area contributed by atoms with Crippen molar-refractivity contribution < 1.29 is 9.47 Å². The molecule has 1 heterocycles. The van der Waals surface area contributed by atoms with Crippen LogP contribution >= 0.6 is 11.5 Å². The number of hydrogen-bond donors (Lipinski definition) is 1. The Balaban J connectivity index is 1.88. The van der Waals surface area contributed by atoms with E-state index in [2.05, 4.69) is 16.5 Å². The van der Waals surface area contributed by atoms with Crippen molar-refractivity contribution in [2.45, 2.75) is 20.0 Å². The Morgan fingerprint density at radius 1 is 1.17 bits per heavy atom. The minimum atomic E-state index is 0.331. The van der Waals surface area contributed by atoms with Gasteiger partial charge in [0.05, 0.1) is 6.61 Å². The third kappa shape index (κ3) is 3.33. The normalized spacial score (nSPS) is 10.3. The number of ether oxygens (including phenoxy) is 2. The molecule has 6 heteroatoms. The lowest BCUT2D eigenvalue weighted by Crippen LogP contribution is -1.99. The topological polar surface area (TPSA) is 70.3 Å². The lowest BCUT2D eigenvalue weighted by atomic mass is 10.3. The van der Waals surface area contributed by atoms with Gasteiger partial charge in [-0.25, -0.2) is 0 Å². The minimum absolute atomic E-state index is 0.331. The lowest BCUT2D eigenvalue weighted by Gasteiger charge is -2.07. The molecule has 2 N–H and O–H groups in total. The molecule has 0 aliphatic rings. The molecule has 18 heavy (non-hydrogen) atoms. The summed E-state index contributed by atoms with van der Waals surface area (Å²) in [6.07, 6.45) is 0.994. The number of anilines is 1. The van der Waals surface area contributed by atoms with Gasteiger partial charge in [-0.1, -0.05) is 11.4 Å². The van der Waals surface area contributed by atoms with Gasteiger partial charge in [0.2, 0.25) is 0 Å². The lowest BCUT2D eigenvalue weighted by molar-refractivity contribution is 0.298. The number of aromatic nitrogens is 2. The third-order valence-electron chi connectivity index (χ3n) is 2.26. The van der Waals surface area contributed by atoms with Crippen molar-refractivity contribution >= 4 is 16.5 Å². The van der Waals surface area contributed by atoms with Crippen molar-refractivity contribution in [2.24, 2.45) is 0 Å². The Bertz CT molecular complexity index is 484. The van der Waals surface area contributed by atoms with E-state index < -0.39 is 0 Å². The average molecular weight is 265 g/mol. The molecule has 0 aliphatic carbocycles. The first kappa shape index (κ1) is 12.6. The molecule has 2 rings (SSSR count). The fourth-order valence-corrected chi connectivity index (χ4v) is 1.75. The zero-order valence-corrected chi connectivity index (χ0v) is 10.9. The van der Waals surface area contributed by atoms with Crippen LogP contribution in [0.5, 0.6) is 11.5 Å². The number of benzene rings is 1. The molecule has 96 valence electrons. The summed E-state index contributed by atoms with van der Waals surface area (Å²) in [4.78, 5) is 0. The first-order valence-electron chi connectivity index (χ1n) is 5.72. The summed E-state index contributed by atoms with van der Waals surface area (Å²) in [5.41, 5.74) is 6.35. The number of hydrogen-bond acceptors (Lipinski definition) is 6. The fourth-order valence-electron chi connectivity index (χ4n) is 1.32. The Hall–Kier alpha value is -1.82. The molecule has 0 saturated heterocycles. The van der Waals surface area contributed by atoms with Crippen molar-refractivity contribution in [3.05, 3.63) is 30.0 Å². The summed E-state index contributed by atoms with van der Waals surface area (Å²) >= 11 is 1.17. The van der Waals surface area contributed by atoms with E-state index in [1.165, 1.54) is 11.5 Å². The van der Waals surface area contributed by atoms with Crippen LogP contribution in [0.2, 0.25) is 0 Å². The van der Waals surface area contributed by atoms with Crippen LogP contribution in [0.15, 0.2) is 24.3 Å². The predicted molar refractivity (Wildman–Crippen MR) is 70.9 cm³/mol. The van der Waals surface area contributed by atoms with Crippen LogP contribution < -0.4 is 15.2 Å². The molecule has 0 atom stereocenters. The van der Waals surface area contributed by atoms with E-state index in [1.807, 2.05) is 24.3 Å². The third-order valence-corrected chi connectivity index (χ3v) is 2.85. The largest absolute Gasteiger partial charge is 0.494 e. The summed E-state index contributed by atoms with van der Waals surface area (Å²) in [6.45, 7) is 3.13. The molecule has 2 aromatic rings. The first-order chi connectivity index (χ1) is 8.79. The molecule has 0 aliphatic heterocycles. The van der Waals surface area contributed by atoms with Crippen molar-refractivity contribution in [2.75, 3.05) is 12.3 Å². The summed E-state index contributed by atoms with van der Waals surface area (Å²) in [6, 6.07) is 7.49. The zero-order chi connectivity index (χ0) is 12.8. The van der Waals surface area contributed by atoms with Crippen molar-refractivity contribution in [3.8, 4) is 11.5 Å². The van der Waals surface area contributed by atoms with Gasteiger partial charge < -0.3 is 15.2 Å². The van der Waals surface area contributed by atoms with Gasteiger partial charge in [0.1, 0.15) is 28.8 Å². The number of rotatable bonds is 6. The highest BCUT2D eigenvalue weighted by Crippen LogP contribution is 2.20. The Labute approximate surface area is 110 Å². The molecule has 1 aromatic carbocycles. The van der Waals surface area contributed by atoms with E-state index in [4.69, 9.17) is 15.2 Å². The molecule has 0 bridgehead atoms. The fraction of sp³-hybridized carbons (Fsp3) is 0.333. The Kier molecular flexibility index (Phi) is 4.35. The van der Waals surface area contributed by atoms with Crippen molar-refractivity contribution in [3.63, 3.8) is 0 Å². The summed E-state index contributed by atoms with van der Waals surface area (Å²) in [5.74, 6) is 1.60. The van der Waals surface area contributed by atoms with Crippen molar-refractivity contribution in [1.82, 2.24) is 9.59 Å². The van der Waals surface area contributed by atoms with Gasteiger partial charge in [0.15, 0.2) is 0 Å². The van der Waals surface area contributed by atoms with Gasteiger partial charge in [0.25, 0.3) is 0 Å². The Morgan fingerprint density at radius 3 is 2.39 bits per heavy atom. The van der Waals surface area contributed by atoms with Crippen LogP contribution in [0.1, 0.15) is 19.0 Å². The second kappa shape index (κ2) is 6.20. The van der Waals surface area contributed by atoms with Crippen LogP contribution in [0.3, 0.4) is 0 Å². The van der Waals surface area contributed by atoms with Crippen LogP contribution in [-0.4, -0.2) is 16.2 Å². The maximum atomic E-state index is 5.68. The number of nitrogens with zero attached hydrogens (tertiary/aromatic N) is 2. The highest BCUT2D eigenvalue weighted by molar-refractivity contribution is 7.09. The van der Waals surface area contributed by atoms with Crippen LogP contribution in [0.25, 0.3) is 0 Å². The van der Waals surface area contributed by atoms with Crippen LogP contribution in [0, 0.1) is 0 Å². The van der Waals surface area contributed by atoms with E-state index in [9.17, 15) is 0 Å². The standard InChI is InChI=1S/C12H15N3O2S/c1-2-7-16-9-3-5-10(6-4-9)17-8-11-12(13)18-15-14-11/h3-6H,2,7-8,13H2,1H3. The van der Waals surface area contributed by atoms with Crippen LogP contribution in [-0.2, 0) is 6.61 Å². The van der Waals surface area contributed by atoms with Gasteiger partial charge in [-0.3, -0.25) is 0 Å². The molecular formula is C12H15N3O2S. The summed E-state index contributed by atoms with van der Waals surface area (Å²) < 4.78 is 14.8. The van der Waals surface area contributed by atoms with Gasteiger partial charge in [-0.15, -0.1) is 5.10 Å². The van der Waals surface area contributed by atoms with E-state index in [0.29, 0.717) is 17.3 Å². The number of nitrogen functional groups attached to an aromatic ring is 1. The maximum Gasteiger partial charge on any atom is 0.136 e. The smallest absolute Gasteiger partial charge is 0.136 e. The van der Waals surface area contributed by atoms with E-state index >= 15 is 0 Å². The molecule has 0 saturated carbocycles. The maximum absolute atomic E-state index is 5.68. The summed E-state index contributed by atoms with van der Waals surface area (Å²) in [5, 5.41) is 4.48. The first-order valence-corrected chi connectivity index (χ1v) is 6.49. The molecule has 5 nitrogen and oxygen atoms in total. The highest BCUT2D eigenvalue weighted by atomic mass is 32.1. The average Bonchev–Trinajstić information content (AvgIpc) is 2.81.